The molecule has 35 heavy (non-hydrogen) atoms. The molecule has 2 N–H and O–H groups in total. The van der Waals surface area contributed by atoms with Crippen molar-refractivity contribution in [3.05, 3.63) is 47.0 Å². The van der Waals surface area contributed by atoms with Gasteiger partial charge in [0.25, 0.3) is 11.8 Å². The molecule has 192 valence electrons. The molecule has 0 bridgehead atoms. The Kier molecular flexibility index (Phi) is 10.7. The molecule has 3 rings (SSSR count). The molecule has 0 unspecified atom stereocenters. The molecule has 6 heteroatoms. The first-order valence-corrected chi connectivity index (χ1v) is 13.7. The third-order valence-corrected chi connectivity index (χ3v) is 7.03. The second-order valence-corrected chi connectivity index (χ2v) is 9.83. The molecule has 2 heterocycles. The van der Waals surface area contributed by atoms with Gasteiger partial charge in [-0.15, -0.1) is 0 Å². The minimum Gasteiger partial charge on any atom is -0.493 e. The van der Waals surface area contributed by atoms with E-state index < -0.39 is 11.8 Å². The summed E-state index contributed by atoms with van der Waals surface area (Å²) in [6.45, 7) is 2.26. The topological polar surface area (TPSA) is 82.8 Å². The lowest BCUT2D eigenvalue weighted by atomic mass is 10.0. The number of fused-ring (bicyclic) bond motifs is 1. The van der Waals surface area contributed by atoms with Crippen LogP contribution in [-0.4, -0.2) is 26.7 Å². The van der Waals surface area contributed by atoms with Crippen LogP contribution in [0.25, 0.3) is 0 Å². The van der Waals surface area contributed by atoms with E-state index in [1.807, 2.05) is 0 Å². The van der Waals surface area contributed by atoms with Crippen LogP contribution < -0.4 is 5.01 Å². The van der Waals surface area contributed by atoms with E-state index in [9.17, 15) is 19.8 Å². The molecule has 0 spiro atoms. The molecule has 0 atom stereocenters. The Bertz CT molecular complexity index is 931. The Morgan fingerprint density at radius 3 is 1.54 bits per heavy atom. The van der Waals surface area contributed by atoms with Gasteiger partial charge in [-0.25, -0.2) is 0 Å². The normalized spacial score (nSPS) is 13.1. The second-order valence-electron chi connectivity index (χ2n) is 9.83. The highest BCUT2D eigenvalue weighted by Crippen LogP contribution is 2.33. The van der Waals surface area contributed by atoms with Crippen LogP contribution in [0.4, 0.5) is 0 Å². The van der Waals surface area contributed by atoms with Crippen molar-refractivity contribution in [1.82, 2.24) is 4.68 Å². The molecule has 0 saturated heterocycles. The molecule has 6 nitrogen and oxygen atoms in total. The van der Waals surface area contributed by atoms with Gasteiger partial charge in [0.15, 0.2) is 0 Å². The summed E-state index contributed by atoms with van der Waals surface area (Å²) in [4.78, 5) is 25.4. The van der Waals surface area contributed by atoms with Crippen molar-refractivity contribution in [2.45, 2.75) is 110 Å². The Hall–Kier alpha value is -2.76. The van der Waals surface area contributed by atoms with Crippen LogP contribution in [0.3, 0.4) is 0 Å². The summed E-state index contributed by atoms with van der Waals surface area (Å²) in [6, 6.07) is 7.96. The fourth-order valence-electron chi connectivity index (χ4n) is 4.95. The first-order chi connectivity index (χ1) is 17.1. The molecule has 0 aliphatic carbocycles. The average molecular weight is 483 g/mol. The van der Waals surface area contributed by atoms with Crippen LogP contribution in [-0.2, 0) is 6.42 Å². The van der Waals surface area contributed by atoms with Gasteiger partial charge in [-0.3, -0.25) is 9.59 Å². The average Bonchev–Trinajstić information content (AvgIpc) is 3.27. The number of aryl methyl sites for hydroxylation is 1. The van der Waals surface area contributed by atoms with Crippen molar-refractivity contribution in [2.75, 3.05) is 5.01 Å². The highest BCUT2D eigenvalue weighted by molar-refractivity contribution is 6.30. The van der Waals surface area contributed by atoms with Crippen molar-refractivity contribution in [3.8, 4) is 11.8 Å². The number of amides is 2. The predicted octanol–water partition coefficient (Wildman–Crippen LogP) is 7.25. The molecule has 1 aliphatic rings. The number of hydrogen-bond donors (Lipinski definition) is 2. The van der Waals surface area contributed by atoms with E-state index in [0.717, 1.165) is 28.9 Å². The van der Waals surface area contributed by atoms with Gasteiger partial charge in [0.05, 0.1) is 11.1 Å². The zero-order chi connectivity index (χ0) is 25.0. The minimum absolute atomic E-state index is 0.248. The number of hydrogen-bond acceptors (Lipinski definition) is 4. The minimum atomic E-state index is -0.551. The van der Waals surface area contributed by atoms with Gasteiger partial charge in [0.1, 0.15) is 0 Å². The van der Waals surface area contributed by atoms with E-state index >= 15 is 0 Å². The van der Waals surface area contributed by atoms with Gasteiger partial charge in [0, 0.05) is 11.6 Å². The van der Waals surface area contributed by atoms with Crippen molar-refractivity contribution < 1.29 is 19.8 Å². The summed E-state index contributed by atoms with van der Waals surface area (Å²) < 4.78 is 0.922. The van der Waals surface area contributed by atoms with Crippen molar-refractivity contribution >= 4 is 11.8 Å². The second kappa shape index (κ2) is 14.0. The Morgan fingerprint density at radius 2 is 1.09 bits per heavy atom. The van der Waals surface area contributed by atoms with Crippen LogP contribution in [0.5, 0.6) is 11.8 Å². The van der Waals surface area contributed by atoms with E-state index in [2.05, 4.69) is 6.92 Å². The van der Waals surface area contributed by atoms with Crippen LogP contribution >= 0.6 is 0 Å². The molecular formula is C29H42N2O4. The quantitative estimate of drug-likeness (QED) is 0.184. The molecular weight excluding hydrogens is 440 g/mol. The predicted molar refractivity (Wildman–Crippen MR) is 140 cm³/mol. The fourth-order valence-corrected chi connectivity index (χ4v) is 4.95. The SMILES string of the molecule is CCCCCCCCCCCCCCCCCc1cc(O)n(N2C(=O)c3ccccc3C2=O)c1O. The number of benzene rings is 1. The van der Waals surface area contributed by atoms with Gasteiger partial charge in [-0.2, -0.15) is 9.69 Å². The van der Waals surface area contributed by atoms with Crippen LogP contribution in [0.15, 0.2) is 30.3 Å². The molecule has 1 aromatic carbocycles. The molecule has 1 aromatic heterocycles. The number of nitrogens with zero attached hydrogens (tertiary/aromatic N) is 2. The monoisotopic (exact) mass is 482 g/mol. The smallest absolute Gasteiger partial charge is 0.281 e. The van der Waals surface area contributed by atoms with Gasteiger partial charge < -0.3 is 10.2 Å². The molecule has 0 radical (unpaired) electrons. The molecule has 0 saturated carbocycles. The summed E-state index contributed by atoms with van der Waals surface area (Å²) >= 11 is 0. The van der Waals surface area contributed by atoms with E-state index in [1.54, 1.807) is 24.3 Å². The zero-order valence-electron chi connectivity index (χ0n) is 21.3. The number of unbranched alkanes of at least 4 members (excludes halogenated alkanes) is 14. The van der Waals surface area contributed by atoms with E-state index in [-0.39, 0.29) is 22.9 Å². The fraction of sp³-hybridized carbons (Fsp3) is 0.586. The zero-order valence-corrected chi connectivity index (χ0v) is 21.3. The Balaban J connectivity index is 1.31. The standard InChI is InChI=1S/C29H42N2O4/c1-2-3-4-5-6-7-8-9-10-11-12-13-14-15-16-19-23-22-26(32)30(27(23)33)31-28(34)24-20-17-18-21-25(24)29(31)35/h17-18,20-22,32-33H,2-16,19H2,1H3. The van der Waals surface area contributed by atoms with Gasteiger partial charge in [0.2, 0.25) is 11.8 Å². The van der Waals surface area contributed by atoms with E-state index in [4.69, 9.17) is 0 Å². The third kappa shape index (κ3) is 7.12. The summed E-state index contributed by atoms with van der Waals surface area (Å²) in [5.74, 6) is -1.66. The molecule has 1 aliphatic heterocycles. The van der Waals surface area contributed by atoms with E-state index in [1.165, 1.54) is 83.1 Å². The number of imide groups is 1. The molecule has 2 aromatic rings. The number of carbonyl (C=O) groups excluding carboxylic acids is 2. The highest BCUT2D eigenvalue weighted by Gasteiger charge is 2.39. The Labute approximate surface area is 209 Å². The maximum Gasteiger partial charge on any atom is 0.281 e. The van der Waals surface area contributed by atoms with Crippen LogP contribution in [0.1, 0.15) is 130 Å². The summed E-state index contributed by atoms with van der Waals surface area (Å²) in [6.07, 6.45) is 19.9. The van der Waals surface area contributed by atoms with Gasteiger partial charge >= 0.3 is 0 Å². The lowest BCUT2D eigenvalue weighted by molar-refractivity contribution is 0.0875. The van der Waals surface area contributed by atoms with Gasteiger partial charge in [-0.1, -0.05) is 109 Å². The van der Waals surface area contributed by atoms with Gasteiger partial charge in [-0.05, 0) is 25.0 Å². The summed E-state index contributed by atoms with van der Waals surface area (Å²) in [7, 11) is 0. The maximum absolute atomic E-state index is 12.7. The number of rotatable bonds is 17. The summed E-state index contributed by atoms with van der Waals surface area (Å²) in [5, 5.41) is 21.8. The number of aromatic hydroxyl groups is 2. The van der Waals surface area contributed by atoms with Crippen LogP contribution in [0.2, 0.25) is 0 Å². The Morgan fingerprint density at radius 1 is 0.657 bits per heavy atom. The lowest BCUT2D eigenvalue weighted by Crippen LogP contribution is -2.39. The summed E-state index contributed by atoms with van der Waals surface area (Å²) in [5.41, 5.74) is 1.09. The van der Waals surface area contributed by atoms with Crippen molar-refractivity contribution in [1.29, 1.82) is 0 Å². The third-order valence-electron chi connectivity index (χ3n) is 7.03. The molecule has 2 amide bonds. The van der Waals surface area contributed by atoms with E-state index in [0.29, 0.717) is 12.0 Å². The molecule has 0 fully saturated rings. The lowest BCUT2D eigenvalue weighted by Gasteiger charge is -2.17. The highest BCUT2D eigenvalue weighted by atomic mass is 16.3. The first kappa shape index (κ1) is 26.8. The van der Waals surface area contributed by atoms with Crippen LogP contribution in [0, 0.1) is 0 Å². The first-order valence-electron chi connectivity index (χ1n) is 13.7. The number of carbonyl (C=O) groups is 2. The van der Waals surface area contributed by atoms with Crippen molar-refractivity contribution in [2.24, 2.45) is 0 Å². The van der Waals surface area contributed by atoms with Crippen molar-refractivity contribution in [3.63, 3.8) is 0 Å². The number of aromatic nitrogens is 1. The largest absolute Gasteiger partial charge is 0.493 e. The maximum atomic E-state index is 12.7.